The van der Waals surface area contributed by atoms with Gasteiger partial charge in [0, 0.05) is 25.2 Å². The summed E-state index contributed by atoms with van der Waals surface area (Å²) >= 11 is 0. The third-order valence-corrected chi connectivity index (χ3v) is 2.89. The van der Waals surface area contributed by atoms with Crippen LogP contribution in [0.1, 0.15) is 31.2 Å². The Labute approximate surface area is 84.4 Å². The topological polar surface area (TPSA) is 30.0 Å². The third-order valence-electron chi connectivity index (χ3n) is 2.89. The van der Waals surface area contributed by atoms with Crippen molar-refractivity contribution < 1.29 is 4.79 Å². The Morgan fingerprint density at radius 1 is 1.36 bits per heavy atom. The highest BCUT2D eigenvalue weighted by Gasteiger charge is 2.20. The average Bonchev–Trinajstić information content (AvgIpc) is 2.13. The van der Waals surface area contributed by atoms with Gasteiger partial charge in [0.05, 0.1) is 0 Å². The Balaban J connectivity index is 1.82. The molecule has 1 aromatic heterocycles. The Morgan fingerprint density at radius 2 is 2.07 bits per heavy atom. The molecular formula is C12H15NO. The van der Waals surface area contributed by atoms with Crippen molar-refractivity contribution in [1.29, 1.82) is 0 Å². The predicted molar refractivity (Wildman–Crippen MR) is 54.9 cm³/mol. The molecule has 1 fully saturated rings. The van der Waals surface area contributed by atoms with Gasteiger partial charge >= 0.3 is 0 Å². The van der Waals surface area contributed by atoms with E-state index in [-0.39, 0.29) is 0 Å². The van der Waals surface area contributed by atoms with Gasteiger partial charge in [0.2, 0.25) is 0 Å². The third kappa shape index (κ3) is 2.41. The van der Waals surface area contributed by atoms with E-state index >= 15 is 0 Å². The number of hydrogen-bond donors (Lipinski definition) is 0. The van der Waals surface area contributed by atoms with E-state index in [1.165, 1.54) is 19.3 Å². The molecule has 14 heavy (non-hydrogen) atoms. The molecule has 1 aliphatic carbocycles. The Hall–Kier alpha value is -1.18. The Bertz CT molecular complexity index is 303. The number of pyridine rings is 1. The van der Waals surface area contributed by atoms with Crippen LogP contribution in [0.3, 0.4) is 0 Å². The molecule has 0 unspecified atom stereocenters. The van der Waals surface area contributed by atoms with Crippen LogP contribution in [-0.4, -0.2) is 10.8 Å². The van der Waals surface area contributed by atoms with Gasteiger partial charge < -0.3 is 0 Å². The normalized spacial score (nSPS) is 16.3. The lowest BCUT2D eigenvalue weighted by Gasteiger charge is -2.24. The summed E-state index contributed by atoms with van der Waals surface area (Å²) in [6.07, 6.45) is 8.66. The van der Waals surface area contributed by atoms with Crippen molar-refractivity contribution in [3.63, 3.8) is 0 Å². The second-order valence-electron chi connectivity index (χ2n) is 4.07. The van der Waals surface area contributed by atoms with Crippen LogP contribution < -0.4 is 0 Å². The summed E-state index contributed by atoms with van der Waals surface area (Å²) in [5.74, 6) is 1.06. The first-order valence-corrected chi connectivity index (χ1v) is 5.25. The van der Waals surface area contributed by atoms with Crippen LogP contribution in [0.4, 0.5) is 0 Å². The van der Waals surface area contributed by atoms with Crippen LogP contribution >= 0.6 is 0 Å². The lowest BCUT2D eigenvalue weighted by atomic mass is 9.81. The molecule has 2 rings (SSSR count). The van der Waals surface area contributed by atoms with Crippen molar-refractivity contribution in [3.8, 4) is 0 Å². The largest absolute Gasteiger partial charge is 0.299 e. The summed E-state index contributed by atoms with van der Waals surface area (Å²) in [7, 11) is 0. The highest BCUT2D eigenvalue weighted by molar-refractivity contribution is 5.81. The lowest BCUT2D eigenvalue weighted by molar-refractivity contribution is -0.119. The van der Waals surface area contributed by atoms with E-state index in [1.807, 2.05) is 12.1 Å². The van der Waals surface area contributed by atoms with Gasteiger partial charge in [-0.2, -0.15) is 0 Å². The van der Waals surface area contributed by atoms with E-state index in [2.05, 4.69) is 4.98 Å². The maximum atomic E-state index is 11.6. The minimum Gasteiger partial charge on any atom is -0.299 e. The van der Waals surface area contributed by atoms with Crippen molar-refractivity contribution in [3.05, 3.63) is 30.1 Å². The highest BCUT2D eigenvalue weighted by Crippen LogP contribution is 2.29. The molecule has 1 heterocycles. The number of aromatic nitrogens is 1. The molecule has 2 heteroatoms. The zero-order valence-electron chi connectivity index (χ0n) is 8.28. The molecule has 0 amide bonds. The van der Waals surface area contributed by atoms with E-state index in [0.717, 1.165) is 12.0 Å². The SMILES string of the molecule is O=C(Cc1ccncc1)CC1CCC1. The minimum atomic E-state index is 0.376. The predicted octanol–water partition coefficient (Wildman–Crippen LogP) is 2.38. The summed E-state index contributed by atoms with van der Waals surface area (Å²) in [4.78, 5) is 15.5. The second-order valence-corrected chi connectivity index (χ2v) is 4.07. The second kappa shape index (κ2) is 4.36. The molecule has 1 aliphatic rings. The number of Topliss-reactive ketones (excluding diaryl/α,β-unsaturated/α-hetero) is 1. The van der Waals surface area contributed by atoms with Crippen molar-refractivity contribution in [2.45, 2.75) is 32.1 Å². The smallest absolute Gasteiger partial charge is 0.137 e. The first kappa shape index (κ1) is 9.38. The maximum Gasteiger partial charge on any atom is 0.137 e. The summed E-state index contributed by atoms with van der Waals surface area (Å²) in [6, 6.07) is 3.83. The number of hydrogen-bond acceptors (Lipinski definition) is 2. The molecule has 0 aliphatic heterocycles. The van der Waals surface area contributed by atoms with Gasteiger partial charge in [0.1, 0.15) is 5.78 Å². The molecule has 0 atom stereocenters. The van der Waals surface area contributed by atoms with Gasteiger partial charge in [0.25, 0.3) is 0 Å². The Morgan fingerprint density at radius 3 is 2.64 bits per heavy atom. The van der Waals surface area contributed by atoms with Crippen LogP contribution in [0.25, 0.3) is 0 Å². The van der Waals surface area contributed by atoms with Crippen molar-refractivity contribution >= 4 is 5.78 Å². The minimum absolute atomic E-state index is 0.376. The molecule has 0 aromatic carbocycles. The van der Waals surface area contributed by atoms with Gasteiger partial charge in [0.15, 0.2) is 0 Å². The number of carbonyl (C=O) groups excluding carboxylic acids is 1. The molecule has 0 radical (unpaired) electrons. The lowest BCUT2D eigenvalue weighted by Crippen LogP contribution is -2.17. The van der Waals surface area contributed by atoms with E-state index in [4.69, 9.17) is 0 Å². The van der Waals surface area contributed by atoms with Gasteiger partial charge in [-0.15, -0.1) is 0 Å². The quantitative estimate of drug-likeness (QED) is 0.728. The van der Waals surface area contributed by atoms with Gasteiger partial charge in [-0.05, 0) is 23.6 Å². The van der Waals surface area contributed by atoms with Gasteiger partial charge in [-0.25, -0.2) is 0 Å². The zero-order valence-corrected chi connectivity index (χ0v) is 8.28. The monoisotopic (exact) mass is 189 g/mol. The van der Waals surface area contributed by atoms with Crippen molar-refractivity contribution in [2.75, 3.05) is 0 Å². The van der Waals surface area contributed by atoms with Crippen LogP contribution in [-0.2, 0) is 11.2 Å². The number of nitrogens with zero attached hydrogens (tertiary/aromatic N) is 1. The first-order valence-electron chi connectivity index (χ1n) is 5.25. The van der Waals surface area contributed by atoms with Crippen LogP contribution in [0.2, 0.25) is 0 Å². The number of carbonyl (C=O) groups is 1. The summed E-state index contributed by atoms with van der Waals surface area (Å²) in [6.45, 7) is 0. The average molecular weight is 189 g/mol. The summed E-state index contributed by atoms with van der Waals surface area (Å²) in [5, 5.41) is 0. The van der Waals surface area contributed by atoms with Crippen LogP contribution in [0.15, 0.2) is 24.5 Å². The van der Waals surface area contributed by atoms with Gasteiger partial charge in [-0.1, -0.05) is 19.3 Å². The molecule has 0 N–H and O–H groups in total. The number of rotatable bonds is 4. The zero-order chi connectivity index (χ0) is 9.80. The maximum absolute atomic E-state index is 11.6. The van der Waals surface area contributed by atoms with Crippen LogP contribution in [0, 0.1) is 5.92 Å². The fourth-order valence-electron chi connectivity index (χ4n) is 1.82. The molecular weight excluding hydrogens is 174 g/mol. The Kier molecular flexibility index (Phi) is 2.92. The molecule has 1 aromatic rings. The van der Waals surface area contributed by atoms with E-state index < -0.39 is 0 Å². The molecule has 0 saturated heterocycles. The molecule has 74 valence electrons. The van der Waals surface area contributed by atoms with Gasteiger partial charge in [-0.3, -0.25) is 9.78 Å². The summed E-state index contributed by atoms with van der Waals surface area (Å²) in [5.41, 5.74) is 1.09. The standard InChI is InChI=1S/C12H15NO/c14-12(8-10-2-1-3-10)9-11-4-6-13-7-5-11/h4-7,10H,1-3,8-9H2. The molecule has 0 bridgehead atoms. The van der Waals surface area contributed by atoms with Crippen molar-refractivity contribution in [2.24, 2.45) is 5.92 Å². The van der Waals surface area contributed by atoms with Crippen LogP contribution in [0.5, 0.6) is 0 Å². The van der Waals surface area contributed by atoms with E-state index in [0.29, 0.717) is 18.1 Å². The van der Waals surface area contributed by atoms with Crippen molar-refractivity contribution in [1.82, 2.24) is 4.98 Å². The summed E-state index contributed by atoms with van der Waals surface area (Å²) < 4.78 is 0. The highest BCUT2D eigenvalue weighted by atomic mass is 16.1. The fourth-order valence-corrected chi connectivity index (χ4v) is 1.82. The first-order chi connectivity index (χ1) is 6.84. The van der Waals surface area contributed by atoms with E-state index in [9.17, 15) is 4.79 Å². The molecule has 0 spiro atoms. The number of ketones is 1. The molecule has 2 nitrogen and oxygen atoms in total. The van der Waals surface area contributed by atoms with E-state index in [1.54, 1.807) is 12.4 Å². The molecule has 1 saturated carbocycles. The fraction of sp³-hybridized carbons (Fsp3) is 0.500.